The van der Waals surface area contributed by atoms with E-state index in [1.54, 1.807) is 41.2 Å². The molecule has 1 N–H and O–H groups in total. The molecule has 0 aliphatic rings. The molecule has 1 aromatic heterocycles. The highest BCUT2D eigenvalue weighted by Gasteiger charge is 2.22. The Balaban J connectivity index is 1.67. The number of hydrogen-bond acceptors (Lipinski definition) is 4. The summed E-state index contributed by atoms with van der Waals surface area (Å²) in [6, 6.07) is 23.2. The summed E-state index contributed by atoms with van der Waals surface area (Å²) < 4.78 is 28.2. The van der Waals surface area contributed by atoms with Crippen LogP contribution in [0.3, 0.4) is 0 Å². The molecule has 0 bridgehead atoms. The van der Waals surface area contributed by atoms with Gasteiger partial charge >= 0.3 is 0 Å². The quantitative estimate of drug-likeness (QED) is 0.406. The van der Waals surface area contributed by atoms with Crippen molar-refractivity contribution in [3.63, 3.8) is 0 Å². The molecule has 3 aromatic carbocycles. The van der Waals surface area contributed by atoms with Gasteiger partial charge in [-0.2, -0.15) is 5.10 Å². The maximum atomic E-state index is 13.0. The molecule has 0 unspecified atom stereocenters. The van der Waals surface area contributed by atoms with E-state index < -0.39 is 10.0 Å². The van der Waals surface area contributed by atoms with E-state index in [1.807, 2.05) is 42.5 Å². The van der Waals surface area contributed by atoms with Gasteiger partial charge in [-0.05, 0) is 36.4 Å². The lowest BCUT2D eigenvalue weighted by Crippen LogP contribution is -2.24. The van der Waals surface area contributed by atoms with Crippen molar-refractivity contribution in [3.05, 3.63) is 95.6 Å². The second kappa shape index (κ2) is 9.80. The van der Waals surface area contributed by atoms with Gasteiger partial charge in [0.15, 0.2) is 0 Å². The van der Waals surface area contributed by atoms with Gasteiger partial charge in [0, 0.05) is 36.4 Å². The molecule has 0 saturated heterocycles. The Morgan fingerprint density at radius 2 is 1.62 bits per heavy atom. The molecular weight excluding hydrogens is 472 g/mol. The monoisotopic (exact) mass is 494 g/mol. The summed E-state index contributed by atoms with van der Waals surface area (Å²) in [6.45, 7) is 0. The van der Waals surface area contributed by atoms with Crippen LogP contribution in [-0.4, -0.2) is 42.5 Å². The molecule has 174 valence electrons. The maximum absolute atomic E-state index is 13.0. The van der Waals surface area contributed by atoms with E-state index in [-0.39, 0.29) is 22.9 Å². The van der Waals surface area contributed by atoms with E-state index in [0.29, 0.717) is 16.3 Å². The van der Waals surface area contributed by atoms with Crippen LogP contribution in [0.5, 0.6) is 0 Å². The molecule has 34 heavy (non-hydrogen) atoms. The van der Waals surface area contributed by atoms with Crippen LogP contribution in [0, 0.1) is 0 Å². The van der Waals surface area contributed by atoms with Crippen LogP contribution < -0.4 is 5.32 Å². The highest BCUT2D eigenvalue weighted by atomic mass is 35.5. The Hall–Kier alpha value is -3.46. The van der Waals surface area contributed by atoms with E-state index in [1.165, 1.54) is 20.2 Å². The molecule has 0 aliphatic heterocycles. The van der Waals surface area contributed by atoms with Crippen LogP contribution in [0.1, 0.15) is 5.56 Å². The molecule has 0 aliphatic carbocycles. The molecule has 0 radical (unpaired) electrons. The Labute approximate surface area is 203 Å². The number of rotatable bonds is 7. The molecule has 7 nitrogen and oxygen atoms in total. The smallest absolute Gasteiger partial charge is 0.244 e. The lowest BCUT2D eigenvalue weighted by atomic mass is 10.1. The number of carbonyl (C=O) groups excluding carboxylic acids is 1. The van der Waals surface area contributed by atoms with Crippen LogP contribution in [0.25, 0.3) is 16.9 Å². The number of amides is 1. The third-order valence-electron chi connectivity index (χ3n) is 5.20. The van der Waals surface area contributed by atoms with E-state index in [2.05, 4.69) is 5.32 Å². The number of hydrogen-bond donors (Lipinski definition) is 1. The first-order valence-electron chi connectivity index (χ1n) is 10.5. The predicted octanol–water partition coefficient (Wildman–Crippen LogP) is 4.62. The minimum atomic E-state index is -3.72. The maximum Gasteiger partial charge on any atom is 0.244 e. The molecule has 0 saturated carbocycles. The van der Waals surface area contributed by atoms with Crippen molar-refractivity contribution < 1.29 is 13.2 Å². The fraction of sp³-hybridized carbons (Fsp3) is 0.120. The Kier molecular flexibility index (Phi) is 6.83. The molecule has 4 rings (SSSR count). The summed E-state index contributed by atoms with van der Waals surface area (Å²) in [5.74, 6) is -0.357. The summed E-state index contributed by atoms with van der Waals surface area (Å²) in [6.07, 6.45) is 1.81. The van der Waals surface area contributed by atoms with Crippen molar-refractivity contribution in [3.8, 4) is 16.9 Å². The fourth-order valence-corrected chi connectivity index (χ4v) is 4.63. The first-order valence-corrected chi connectivity index (χ1v) is 12.3. The largest absolute Gasteiger partial charge is 0.325 e. The normalized spacial score (nSPS) is 11.5. The average molecular weight is 495 g/mol. The van der Waals surface area contributed by atoms with Gasteiger partial charge in [-0.3, -0.25) is 4.79 Å². The molecule has 1 amide bonds. The summed E-state index contributed by atoms with van der Waals surface area (Å²) in [5, 5.41) is 8.07. The van der Waals surface area contributed by atoms with E-state index >= 15 is 0 Å². The van der Waals surface area contributed by atoms with Crippen molar-refractivity contribution in [1.29, 1.82) is 0 Å². The third kappa shape index (κ3) is 5.04. The lowest BCUT2D eigenvalue weighted by Gasteiger charge is -2.15. The van der Waals surface area contributed by atoms with E-state index in [0.717, 1.165) is 15.6 Å². The number of nitrogens with zero attached hydrogens (tertiary/aromatic N) is 3. The molecule has 1 heterocycles. The molecule has 0 spiro atoms. The van der Waals surface area contributed by atoms with Crippen molar-refractivity contribution >= 4 is 33.2 Å². The molecule has 4 aromatic rings. The van der Waals surface area contributed by atoms with Gasteiger partial charge in [0.2, 0.25) is 15.9 Å². The van der Waals surface area contributed by atoms with Crippen molar-refractivity contribution in [2.75, 3.05) is 19.4 Å². The van der Waals surface area contributed by atoms with Gasteiger partial charge in [0.05, 0.1) is 23.5 Å². The average Bonchev–Trinajstić information content (AvgIpc) is 3.24. The van der Waals surface area contributed by atoms with Crippen molar-refractivity contribution in [2.24, 2.45) is 0 Å². The summed E-state index contributed by atoms with van der Waals surface area (Å²) >= 11 is 6.05. The Morgan fingerprint density at radius 1 is 0.971 bits per heavy atom. The topological polar surface area (TPSA) is 84.3 Å². The Bertz CT molecular complexity index is 1420. The molecule has 9 heteroatoms. The summed E-state index contributed by atoms with van der Waals surface area (Å²) in [7, 11) is -0.826. The van der Waals surface area contributed by atoms with Gasteiger partial charge in [0.1, 0.15) is 4.90 Å². The minimum absolute atomic E-state index is 0.00113. The number of sulfonamides is 1. The van der Waals surface area contributed by atoms with Crippen molar-refractivity contribution in [2.45, 2.75) is 11.3 Å². The minimum Gasteiger partial charge on any atom is -0.325 e. The predicted molar refractivity (Wildman–Crippen MR) is 134 cm³/mol. The number of anilines is 1. The number of carbonyl (C=O) groups is 1. The zero-order chi connectivity index (χ0) is 24.3. The summed E-state index contributed by atoms with van der Waals surface area (Å²) in [5.41, 5.74) is 3.23. The first-order chi connectivity index (χ1) is 16.3. The molecule has 0 fully saturated rings. The van der Waals surface area contributed by atoms with E-state index in [9.17, 15) is 13.2 Å². The second-order valence-electron chi connectivity index (χ2n) is 7.80. The second-order valence-corrected chi connectivity index (χ2v) is 10.4. The first kappa shape index (κ1) is 23.7. The highest BCUT2D eigenvalue weighted by molar-refractivity contribution is 7.89. The SMILES string of the molecule is CN(C)S(=O)(=O)c1ccccc1NC(=O)Cc1cn(-c2ccccc2)nc1-c1ccc(Cl)cc1. The van der Waals surface area contributed by atoms with Gasteiger partial charge < -0.3 is 5.32 Å². The summed E-state index contributed by atoms with van der Waals surface area (Å²) in [4.78, 5) is 13.1. The fourth-order valence-electron chi connectivity index (χ4n) is 3.46. The van der Waals surface area contributed by atoms with Gasteiger partial charge in [-0.25, -0.2) is 17.4 Å². The van der Waals surface area contributed by atoms with Crippen molar-refractivity contribution in [1.82, 2.24) is 14.1 Å². The van der Waals surface area contributed by atoms with Crippen LogP contribution >= 0.6 is 11.6 Å². The number of para-hydroxylation sites is 2. The number of benzene rings is 3. The van der Waals surface area contributed by atoms with Crippen LogP contribution in [0.15, 0.2) is 90.0 Å². The zero-order valence-electron chi connectivity index (χ0n) is 18.6. The molecular formula is C25H23ClN4O3S. The standard InChI is InChI=1S/C25H23ClN4O3S/c1-29(2)34(32,33)23-11-7-6-10-22(23)27-24(31)16-19-17-30(21-8-4-3-5-9-21)28-25(19)18-12-14-20(26)15-13-18/h3-15,17H,16H2,1-2H3,(H,27,31). The molecule has 0 atom stereocenters. The highest BCUT2D eigenvalue weighted by Crippen LogP contribution is 2.27. The zero-order valence-corrected chi connectivity index (χ0v) is 20.2. The Morgan fingerprint density at radius 3 is 2.29 bits per heavy atom. The van der Waals surface area contributed by atoms with Crippen LogP contribution in [0.2, 0.25) is 5.02 Å². The number of nitrogens with one attached hydrogen (secondary N) is 1. The van der Waals surface area contributed by atoms with Crippen LogP contribution in [0.4, 0.5) is 5.69 Å². The van der Waals surface area contributed by atoms with Gasteiger partial charge in [-0.15, -0.1) is 0 Å². The van der Waals surface area contributed by atoms with E-state index in [4.69, 9.17) is 16.7 Å². The third-order valence-corrected chi connectivity index (χ3v) is 7.32. The van der Waals surface area contributed by atoms with Crippen LogP contribution in [-0.2, 0) is 21.2 Å². The number of aromatic nitrogens is 2. The van der Waals surface area contributed by atoms with Gasteiger partial charge in [-0.1, -0.05) is 54.1 Å². The number of halogens is 1. The lowest BCUT2D eigenvalue weighted by molar-refractivity contribution is -0.115. The van der Waals surface area contributed by atoms with Gasteiger partial charge in [0.25, 0.3) is 0 Å².